The van der Waals surface area contributed by atoms with Crippen molar-refractivity contribution in [3.8, 4) is 0 Å². The average molecular weight is 374 g/mol. The van der Waals surface area contributed by atoms with Gasteiger partial charge >= 0.3 is 6.09 Å². The Labute approximate surface area is 156 Å². The topological polar surface area (TPSA) is 111 Å². The summed E-state index contributed by atoms with van der Waals surface area (Å²) < 4.78 is 10.3. The minimum Gasteiger partial charge on any atom is -0.445 e. The van der Waals surface area contributed by atoms with Crippen LogP contribution in [-0.4, -0.2) is 49.4 Å². The summed E-state index contributed by atoms with van der Waals surface area (Å²) in [4.78, 5) is 48.2. The molecule has 27 heavy (non-hydrogen) atoms. The fourth-order valence-corrected chi connectivity index (χ4v) is 3.13. The molecule has 1 aromatic carbocycles. The van der Waals surface area contributed by atoms with Gasteiger partial charge in [-0.3, -0.25) is 14.4 Å². The Balaban J connectivity index is 1.56. The quantitative estimate of drug-likeness (QED) is 0.676. The maximum atomic E-state index is 12.7. The normalized spacial score (nSPS) is 21.0. The molecule has 144 valence electrons. The Bertz CT molecular complexity index is 716. The third kappa shape index (κ3) is 4.91. The number of rotatable bonds is 7. The molecule has 2 atom stereocenters. The van der Waals surface area contributed by atoms with Gasteiger partial charge in [-0.1, -0.05) is 30.3 Å². The molecule has 0 bridgehead atoms. The van der Waals surface area contributed by atoms with E-state index < -0.39 is 29.7 Å². The van der Waals surface area contributed by atoms with Crippen LogP contribution in [0.5, 0.6) is 0 Å². The smallest absolute Gasteiger partial charge is 0.408 e. The minimum absolute atomic E-state index is 0.0770. The molecule has 2 amide bonds. The molecule has 0 aliphatic carbocycles. The van der Waals surface area contributed by atoms with Gasteiger partial charge < -0.3 is 20.1 Å². The van der Waals surface area contributed by atoms with Crippen LogP contribution < -0.4 is 10.6 Å². The average Bonchev–Trinajstić information content (AvgIpc) is 2.62. The van der Waals surface area contributed by atoms with Crippen molar-refractivity contribution in [3.05, 3.63) is 35.9 Å². The van der Waals surface area contributed by atoms with E-state index in [-0.39, 0.29) is 24.7 Å². The molecular formula is C19H22N2O6. The van der Waals surface area contributed by atoms with Crippen LogP contribution in [0.3, 0.4) is 0 Å². The van der Waals surface area contributed by atoms with Crippen molar-refractivity contribution >= 4 is 23.6 Å². The van der Waals surface area contributed by atoms with Crippen LogP contribution in [0.1, 0.15) is 18.4 Å². The molecule has 2 saturated heterocycles. The van der Waals surface area contributed by atoms with Crippen LogP contribution in [0.25, 0.3) is 0 Å². The first-order valence-corrected chi connectivity index (χ1v) is 8.94. The Morgan fingerprint density at radius 2 is 1.96 bits per heavy atom. The number of alkyl carbamates (subject to hydrolysis) is 1. The van der Waals surface area contributed by atoms with Crippen LogP contribution in [0.2, 0.25) is 0 Å². The molecule has 2 fully saturated rings. The van der Waals surface area contributed by atoms with E-state index in [1.807, 2.05) is 30.3 Å². The van der Waals surface area contributed by atoms with Gasteiger partial charge in [-0.15, -0.1) is 0 Å². The van der Waals surface area contributed by atoms with Crippen LogP contribution in [-0.2, 0) is 30.5 Å². The van der Waals surface area contributed by atoms with Gasteiger partial charge in [0.05, 0.1) is 19.3 Å². The van der Waals surface area contributed by atoms with Crippen LogP contribution in [0, 0.1) is 11.8 Å². The van der Waals surface area contributed by atoms with Gasteiger partial charge in [-0.25, -0.2) is 4.79 Å². The third-order valence-corrected chi connectivity index (χ3v) is 4.79. The number of benzene rings is 1. The lowest BCUT2D eigenvalue weighted by Crippen LogP contribution is -2.53. The first-order valence-electron chi connectivity index (χ1n) is 8.94. The molecule has 2 heterocycles. The molecule has 2 aliphatic heterocycles. The monoisotopic (exact) mass is 374 g/mol. The standard InChI is InChI=1S/C19H22N2O6/c22-15(8-13-6-7-20-18(24)17(13)23)16(14-10-26-11-14)21-19(25)27-9-12-4-2-1-3-5-12/h1-5,13-14,16H,6-11H2,(H,20,24)(H,21,25). The minimum atomic E-state index is -0.792. The molecule has 3 rings (SSSR count). The molecule has 2 unspecified atom stereocenters. The molecular weight excluding hydrogens is 352 g/mol. The molecule has 2 aliphatic rings. The van der Waals surface area contributed by atoms with Crippen molar-refractivity contribution in [1.82, 2.24) is 10.6 Å². The maximum absolute atomic E-state index is 12.7. The number of carbonyl (C=O) groups is 4. The van der Waals surface area contributed by atoms with Crippen molar-refractivity contribution in [3.63, 3.8) is 0 Å². The van der Waals surface area contributed by atoms with Crippen molar-refractivity contribution in [2.45, 2.75) is 25.5 Å². The first kappa shape index (κ1) is 19.0. The van der Waals surface area contributed by atoms with Crippen LogP contribution in [0.15, 0.2) is 30.3 Å². The fraction of sp³-hybridized carbons (Fsp3) is 0.474. The maximum Gasteiger partial charge on any atom is 0.408 e. The summed E-state index contributed by atoms with van der Waals surface area (Å²) >= 11 is 0. The highest BCUT2D eigenvalue weighted by Crippen LogP contribution is 2.21. The lowest BCUT2D eigenvalue weighted by Gasteiger charge is -2.33. The fourth-order valence-electron chi connectivity index (χ4n) is 3.13. The highest BCUT2D eigenvalue weighted by Gasteiger charge is 2.38. The summed E-state index contributed by atoms with van der Waals surface area (Å²) in [6.45, 7) is 1.17. The Morgan fingerprint density at radius 1 is 1.22 bits per heavy atom. The Kier molecular flexibility index (Phi) is 6.18. The zero-order chi connectivity index (χ0) is 19.2. The summed E-state index contributed by atoms with van der Waals surface area (Å²) in [6.07, 6.45) is -0.355. The zero-order valence-corrected chi connectivity index (χ0v) is 14.8. The molecule has 0 spiro atoms. The number of Topliss-reactive ketones (excluding diaryl/α,β-unsaturated/α-hetero) is 2. The van der Waals surface area contributed by atoms with E-state index in [2.05, 4.69) is 10.6 Å². The number of piperidine rings is 1. The second-order valence-electron chi connectivity index (χ2n) is 6.76. The van der Waals surface area contributed by atoms with Crippen molar-refractivity contribution in [1.29, 1.82) is 0 Å². The van der Waals surface area contributed by atoms with Crippen LogP contribution >= 0.6 is 0 Å². The van der Waals surface area contributed by atoms with Gasteiger partial charge in [0, 0.05) is 24.8 Å². The van der Waals surface area contributed by atoms with E-state index >= 15 is 0 Å². The van der Waals surface area contributed by atoms with Gasteiger partial charge in [-0.05, 0) is 12.0 Å². The summed E-state index contributed by atoms with van der Waals surface area (Å²) in [5, 5.41) is 5.07. The predicted octanol–water partition coefficient (Wildman–Crippen LogP) is 0.592. The molecule has 8 heteroatoms. The number of carbonyl (C=O) groups excluding carboxylic acids is 4. The summed E-state index contributed by atoms with van der Waals surface area (Å²) in [5.41, 5.74) is 0.835. The molecule has 1 aromatic rings. The van der Waals surface area contributed by atoms with Gasteiger partial charge in [-0.2, -0.15) is 0 Å². The zero-order valence-electron chi connectivity index (χ0n) is 14.8. The SMILES string of the molecule is O=C(NC(C(=O)CC1CCNC(=O)C1=O)C1COC1)OCc1ccccc1. The first-order chi connectivity index (χ1) is 13.0. The number of nitrogens with one attached hydrogen (secondary N) is 2. The van der Waals surface area contributed by atoms with E-state index in [1.54, 1.807) is 0 Å². The molecule has 2 N–H and O–H groups in total. The van der Waals surface area contributed by atoms with Gasteiger partial charge in [0.25, 0.3) is 5.91 Å². The summed E-state index contributed by atoms with van der Waals surface area (Å²) in [5.74, 6) is -2.32. The number of hydrogen-bond acceptors (Lipinski definition) is 6. The Hall–Kier alpha value is -2.74. The number of ketones is 2. The highest BCUT2D eigenvalue weighted by molar-refractivity contribution is 6.37. The highest BCUT2D eigenvalue weighted by atomic mass is 16.5. The van der Waals surface area contributed by atoms with E-state index in [0.717, 1.165) is 5.56 Å². The predicted molar refractivity (Wildman–Crippen MR) is 93.6 cm³/mol. The summed E-state index contributed by atoms with van der Waals surface area (Å²) in [6, 6.07) is 8.41. The van der Waals surface area contributed by atoms with E-state index in [1.165, 1.54) is 0 Å². The molecule has 0 aromatic heterocycles. The number of amides is 2. The number of ether oxygens (including phenoxy) is 2. The lowest BCUT2D eigenvalue weighted by atomic mass is 9.85. The second-order valence-corrected chi connectivity index (χ2v) is 6.76. The van der Waals surface area contributed by atoms with Crippen molar-refractivity contribution in [2.75, 3.05) is 19.8 Å². The van der Waals surface area contributed by atoms with Gasteiger partial charge in [0.1, 0.15) is 6.61 Å². The van der Waals surface area contributed by atoms with Crippen molar-refractivity contribution in [2.24, 2.45) is 11.8 Å². The van der Waals surface area contributed by atoms with Gasteiger partial charge in [0.15, 0.2) is 5.78 Å². The molecule has 0 radical (unpaired) electrons. The van der Waals surface area contributed by atoms with Gasteiger partial charge in [0.2, 0.25) is 5.78 Å². The largest absolute Gasteiger partial charge is 0.445 e. The van der Waals surface area contributed by atoms with Crippen LogP contribution in [0.4, 0.5) is 4.79 Å². The van der Waals surface area contributed by atoms with E-state index in [0.29, 0.717) is 26.2 Å². The molecule has 8 nitrogen and oxygen atoms in total. The van der Waals surface area contributed by atoms with E-state index in [9.17, 15) is 19.2 Å². The number of hydrogen-bond donors (Lipinski definition) is 2. The second kappa shape index (κ2) is 8.77. The Morgan fingerprint density at radius 3 is 2.63 bits per heavy atom. The summed E-state index contributed by atoms with van der Waals surface area (Å²) in [7, 11) is 0. The lowest BCUT2D eigenvalue weighted by molar-refractivity contribution is -0.143. The molecule has 0 saturated carbocycles. The van der Waals surface area contributed by atoms with E-state index in [4.69, 9.17) is 9.47 Å². The van der Waals surface area contributed by atoms with Crippen molar-refractivity contribution < 1.29 is 28.7 Å². The third-order valence-electron chi connectivity index (χ3n) is 4.79.